The summed E-state index contributed by atoms with van der Waals surface area (Å²) in [6, 6.07) is 5.23. The molecule has 1 atom stereocenters. The fraction of sp³-hybridized carbons (Fsp3) is 0.235. The number of nitrogens with zero attached hydrogens (tertiary/aromatic N) is 2. The Morgan fingerprint density at radius 2 is 1.89 bits per heavy atom. The zero-order chi connectivity index (χ0) is 20.8. The molecule has 0 fully saturated rings. The Bertz CT molecular complexity index is 920. The van der Waals surface area contributed by atoms with E-state index < -0.39 is 28.6 Å². The highest BCUT2D eigenvalue weighted by atomic mass is 35.5. The zero-order valence-electron chi connectivity index (χ0n) is 15.1. The maximum Gasteiger partial charge on any atom is 0.346 e. The number of methoxy groups -OCH3 is 2. The number of benzene rings is 1. The summed E-state index contributed by atoms with van der Waals surface area (Å²) in [5.74, 6) is -1.60. The van der Waals surface area contributed by atoms with Gasteiger partial charge in [0.05, 0.1) is 30.9 Å². The first kappa shape index (κ1) is 20.9. The van der Waals surface area contributed by atoms with Crippen molar-refractivity contribution in [3.8, 4) is 11.5 Å². The summed E-state index contributed by atoms with van der Waals surface area (Å²) in [6.07, 6.45) is 0.175. The van der Waals surface area contributed by atoms with Crippen LogP contribution in [0, 0.1) is 10.1 Å². The fourth-order valence-corrected chi connectivity index (χ4v) is 2.34. The average molecular weight is 410 g/mol. The molecule has 0 aliphatic heterocycles. The molecule has 10 nitrogen and oxygen atoms in total. The second-order valence-corrected chi connectivity index (χ2v) is 5.72. The molecule has 11 heteroatoms. The third kappa shape index (κ3) is 4.65. The van der Waals surface area contributed by atoms with Gasteiger partial charge in [0.25, 0.3) is 11.6 Å². The lowest BCUT2D eigenvalue weighted by molar-refractivity contribution is -0.385. The predicted molar refractivity (Wildman–Crippen MR) is 99.0 cm³/mol. The van der Waals surface area contributed by atoms with Crippen LogP contribution in [0.5, 0.6) is 11.5 Å². The molecule has 0 saturated carbocycles. The van der Waals surface area contributed by atoms with Gasteiger partial charge in [-0.05, 0) is 19.1 Å². The van der Waals surface area contributed by atoms with Crippen molar-refractivity contribution in [2.24, 2.45) is 0 Å². The van der Waals surface area contributed by atoms with Gasteiger partial charge >= 0.3 is 5.97 Å². The Morgan fingerprint density at radius 3 is 2.46 bits per heavy atom. The van der Waals surface area contributed by atoms with Gasteiger partial charge in [0, 0.05) is 12.3 Å². The van der Waals surface area contributed by atoms with Gasteiger partial charge in [0.2, 0.25) is 0 Å². The summed E-state index contributed by atoms with van der Waals surface area (Å²) >= 11 is 5.86. The lowest BCUT2D eigenvalue weighted by atomic mass is 10.1. The average Bonchev–Trinajstić information content (AvgIpc) is 2.68. The molecular weight excluding hydrogens is 394 g/mol. The number of carbonyl (C=O) groups excluding carboxylic acids is 2. The first-order valence-electron chi connectivity index (χ1n) is 7.81. The van der Waals surface area contributed by atoms with Crippen LogP contribution >= 0.6 is 11.6 Å². The number of aromatic nitrogens is 1. The number of hydrogen-bond donors (Lipinski definition) is 1. The molecule has 0 aliphatic rings. The topological polar surface area (TPSA) is 130 Å². The predicted octanol–water partition coefficient (Wildman–Crippen LogP) is 2.84. The van der Waals surface area contributed by atoms with Gasteiger partial charge in [-0.1, -0.05) is 11.6 Å². The van der Waals surface area contributed by atoms with Crippen LogP contribution in [0.4, 0.5) is 11.4 Å². The molecule has 1 heterocycles. The number of hydrogen-bond acceptors (Lipinski definition) is 8. The Morgan fingerprint density at radius 1 is 1.25 bits per heavy atom. The number of nitro benzene ring substituents is 1. The van der Waals surface area contributed by atoms with Crippen LogP contribution in [0.3, 0.4) is 0 Å². The third-order valence-electron chi connectivity index (χ3n) is 3.59. The van der Waals surface area contributed by atoms with Crippen molar-refractivity contribution in [1.82, 2.24) is 4.98 Å². The SMILES string of the molecule is COc1cc(C(=O)O[C@H](C)C(=O)Nc2cccnc2Cl)c([N+](=O)[O-])cc1OC. The van der Waals surface area contributed by atoms with Crippen LogP contribution in [0.15, 0.2) is 30.5 Å². The molecule has 0 spiro atoms. The van der Waals surface area contributed by atoms with E-state index in [4.69, 9.17) is 25.8 Å². The van der Waals surface area contributed by atoms with E-state index in [0.717, 1.165) is 12.1 Å². The minimum Gasteiger partial charge on any atom is -0.493 e. The monoisotopic (exact) mass is 409 g/mol. The molecule has 1 N–H and O–H groups in total. The summed E-state index contributed by atoms with van der Waals surface area (Å²) in [4.78, 5) is 39.0. The first-order valence-corrected chi connectivity index (χ1v) is 8.19. The Balaban J connectivity index is 2.22. The summed E-state index contributed by atoms with van der Waals surface area (Å²) in [7, 11) is 2.61. The molecule has 2 aromatic rings. The van der Waals surface area contributed by atoms with Crippen molar-refractivity contribution < 1.29 is 28.7 Å². The minimum atomic E-state index is -1.27. The van der Waals surface area contributed by atoms with E-state index in [9.17, 15) is 19.7 Å². The van der Waals surface area contributed by atoms with E-state index in [2.05, 4.69) is 10.3 Å². The number of pyridine rings is 1. The largest absolute Gasteiger partial charge is 0.493 e. The van der Waals surface area contributed by atoms with E-state index in [1.165, 1.54) is 33.4 Å². The van der Waals surface area contributed by atoms with Gasteiger partial charge in [-0.2, -0.15) is 0 Å². The van der Waals surface area contributed by atoms with Crippen molar-refractivity contribution in [1.29, 1.82) is 0 Å². The second kappa shape index (κ2) is 9.00. The molecule has 0 aliphatic carbocycles. The smallest absolute Gasteiger partial charge is 0.346 e. The van der Waals surface area contributed by atoms with Crippen LogP contribution in [-0.2, 0) is 9.53 Å². The number of anilines is 1. The van der Waals surface area contributed by atoms with Gasteiger partial charge in [0.15, 0.2) is 22.8 Å². The Hall–Kier alpha value is -3.40. The summed E-state index contributed by atoms with van der Waals surface area (Å²) in [5, 5.41) is 13.8. The van der Waals surface area contributed by atoms with Gasteiger partial charge in [-0.3, -0.25) is 14.9 Å². The number of amides is 1. The van der Waals surface area contributed by atoms with E-state index in [1.807, 2.05) is 0 Å². The third-order valence-corrected chi connectivity index (χ3v) is 3.89. The zero-order valence-corrected chi connectivity index (χ0v) is 15.9. The van der Waals surface area contributed by atoms with Gasteiger partial charge in [0.1, 0.15) is 5.56 Å². The number of ether oxygens (including phenoxy) is 3. The lowest BCUT2D eigenvalue weighted by Crippen LogP contribution is -2.30. The highest BCUT2D eigenvalue weighted by Crippen LogP contribution is 2.35. The maximum absolute atomic E-state index is 12.4. The molecular formula is C17H16ClN3O7. The van der Waals surface area contributed by atoms with Crippen molar-refractivity contribution in [3.05, 3.63) is 51.3 Å². The molecule has 1 amide bonds. The standard InChI is InChI=1S/C17H16ClN3O7/c1-9(16(22)20-11-5-4-6-19-15(11)18)28-17(23)10-7-13(26-2)14(27-3)8-12(10)21(24)25/h4-9H,1-3H3,(H,20,22)/t9-/m1/s1. The lowest BCUT2D eigenvalue weighted by Gasteiger charge is -2.15. The molecule has 1 aromatic carbocycles. The fourth-order valence-electron chi connectivity index (χ4n) is 2.17. The van der Waals surface area contributed by atoms with Gasteiger partial charge in [-0.25, -0.2) is 9.78 Å². The molecule has 28 heavy (non-hydrogen) atoms. The Labute approximate surface area is 164 Å². The van der Waals surface area contributed by atoms with Crippen LogP contribution in [0.25, 0.3) is 0 Å². The van der Waals surface area contributed by atoms with Gasteiger partial charge < -0.3 is 19.5 Å². The van der Waals surface area contributed by atoms with Crippen molar-refractivity contribution in [3.63, 3.8) is 0 Å². The van der Waals surface area contributed by atoms with Crippen LogP contribution in [0.2, 0.25) is 5.15 Å². The summed E-state index contributed by atoms with van der Waals surface area (Å²) in [5.41, 5.74) is -0.707. The maximum atomic E-state index is 12.4. The molecule has 0 saturated heterocycles. The quantitative estimate of drug-likeness (QED) is 0.319. The van der Waals surface area contributed by atoms with E-state index >= 15 is 0 Å². The van der Waals surface area contributed by atoms with Crippen molar-refractivity contribution in [2.75, 3.05) is 19.5 Å². The first-order chi connectivity index (χ1) is 13.3. The highest BCUT2D eigenvalue weighted by Gasteiger charge is 2.28. The Kier molecular flexibility index (Phi) is 6.72. The van der Waals surface area contributed by atoms with Gasteiger partial charge in [-0.15, -0.1) is 0 Å². The van der Waals surface area contributed by atoms with Crippen molar-refractivity contribution in [2.45, 2.75) is 13.0 Å². The molecule has 0 bridgehead atoms. The normalized spacial score (nSPS) is 11.3. The van der Waals surface area contributed by atoms with E-state index in [0.29, 0.717) is 0 Å². The second-order valence-electron chi connectivity index (χ2n) is 5.36. The minimum absolute atomic E-state index is 0.0601. The van der Waals surface area contributed by atoms with E-state index in [1.54, 1.807) is 6.07 Å². The number of esters is 1. The van der Waals surface area contributed by atoms with Crippen LogP contribution in [0.1, 0.15) is 17.3 Å². The summed E-state index contributed by atoms with van der Waals surface area (Å²) < 4.78 is 15.1. The molecule has 0 unspecified atom stereocenters. The van der Waals surface area contributed by atoms with Crippen LogP contribution < -0.4 is 14.8 Å². The molecule has 1 aromatic heterocycles. The summed E-state index contributed by atoms with van der Waals surface area (Å²) in [6.45, 7) is 1.31. The number of nitro groups is 1. The molecule has 148 valence electrons. The number of rotatable bonds is 7. The number of carbonyl (C=O) groups is 2. The van der Waals surface area contributed by atoms with Crippen molar-refractivity contribution >= 4 is 34.9 Å². The molecule has 0 radical (unpaired) electrons. The number of halogens is 1. The van der Waals surface area contributed by atoms with Crippen LogP contribution in [-0.4, -0.2) is 42.1 Å². The molecule has 2 rings (SSSR count). The number of nitrogens with one attached hydrogen (secondary N) is 1. The van der Waals surface area contributed by atoms with E-state index in [-0.39, 0.29) is 27.9 Å². The highest BCUT2D eigenvalue weighted by molar-refractivity contribution is 6.32.